The lowest BCUT2D eigenvalue weighted by atomic mass is 9.54. The highest BCUT2D eigenvalue weighted by Crippen LogP contribution is 2.65. The van der Waals surface area contributed by atoms with Gasteiger partial charge in [0.2, 0.25) is 0 Å². The Balaban J connectivity index is 1.85. The van der Waals surface area contributed by atoms with Crippen LogP contribution >= 0.6 is 19.4 Å². The van der Waals surface area contributed by atoms with Crippen LogP contribution in [0.4, 0.5) is 13.2 Å². The summed E-state index contributed by atoms with van der Waals surface area (Å²) in [6, 6.07) is 4.39. The molecule has 2 saturated carbocycles. The van der Waals surface area contributed by atoms with Crippen LogP contribution < -0.4 is 4.52 Å². The van der Waals surface area contributed by atoms with E-state index in [1.54, 1.807) is 19.1 Å². The van der Waals surface area contributed by atoms with Gasteiger partial charge in [-0.3, -0.25) is 9.79 Å². The van der Waals surface area contributed by atoms with Crippen molar-refractivity contribution in [2.24, 2.45) is 17.8 Å². The topological polar surface area (TPSA) is 94.5 Å². The Morgan fingerprint density at radius 1 is 1.18 bits per heavy atom. The van der Waals surface area contributed by atoms with Crippen LogP contribution in [0.2, 0.25) is 0 Å². The van der Waals surface area contributed by atoms with Gasteiger partial charge in [-0.25, -0.2) is 9.45 Å². The summed E-state index contributed by atoms with van der Waals surface area (Å²) in [6.45, 7) is 2.13. The maximum Gasteiger partial charge on any atom is 0.524 e. The van der Waals surface area contributed by atoms with Gasteiger partial charge in [0.15, 0.2) is 5.60 Å². The first-order chi connectivity index (χ1) is 15.8. The van der Waals surface area contributed by atoms with Crippen LogP contribution in [0.3, 0.4) is 0 Å². The number of hydrogen-bond acceptors (Lipinski definition) is 5. The first-order valence-corrected chi connectivity index (χ1v) is 13.4. The Morgan fingerprint density at radius 2 is 1.91 bits per heavy atom. The maximum absolute atomic E-state index is 13.4. The van der Waals surface area contributed by atoms with Crippen LogP contribution in [0, 0.1) is 17.8 Å². The molecule has 192 valence electrons. The quantitative estimate of drug-likeness (QED) is 0.270. The molecule has 1 aromatic rings. The minimum atomic E-state index is -4.93. The Kier molecular flexibility index (Phi) is 7.10. The fourth-order valence-corrected chi connectivity index (χ4v) is 7.01. The molecule has 4 rings (SSSR count). The van der Waals surface area contributed by atoms with Gasteiger partial charge in [0.25, 0.3) is 5.79 Å². The summed E-state index contributed by atoms with van der Waals surface area (Å²) >= 11 is 6.52. The predicted octanol–water partition coefficient (Wildman–Crippen LogP) is 5.61. The van der Waals surface area contributed by atoms with Crippen molar-refractivity contribution < 1.29 is 46.6 Å². The minimum Gasteiger partial charge on any atom is -0.404 e. The molecule has 1 aliphatic heterocycles. The third kappa shape index (κ3) is 4.63. The van der Waals surface area contributed by atoms with Crippen molar-refractivity contribution in [3.8, 4) is 5.75 Å². The van der Waals surface area contributed by atoms with E-state index in [0.717, 1.165) is 12.8 Å². The van der Waals surface area contributed by atoms with Crippen LogP contribution in [0.1, 0.15) is 57.1 Å². The fourth-order valence-electron chi connectivity index (χ4n) is 6.11. The van der Waals surface area contributed by atoms with Crippen molar-refractivity contribution in [1.29, 1.82) is 0 Å². The first kappa shape index (κ1) is 26.2. The van der Waals surface area contributed by atoms with Crippen molar-refractivity contribution >= 4 is 19.4 Å². The Morgan fingerprint density at radius 3 is 2.47 bits per heavy atom. The predicted molar refractivity (Wildman–Crippen MR) is 116 cm³/mol. The van der Waals surface area contributed by atoms with Crippen LogP contribution in [-0.4, -0.2) is 33.5 Å². The number of phosphoric ester groups is 1. The summed E-state index contributed by atoms with van der Waals surface area (Å²) in [6.07, 6.45) is -0.831. The van der Waals surface area contributed by atoms with Crippen LogP contribution in [-0.2, 0) is 31.3 Å². The molecule has 6 unspecified atom stereocenters. The zero-order valence-corrected chi connectivity index (χ0v) is 20.5. The highest BCUT2D eigenvalue weighted by Gasteiger charge is 2.75. The number of phosphoric acid groups is 1. The van der Waals surface area contributed by atoms with Gasteiger partial charge in [0.1, 0.15) is 12.4 Å². The van der Waals surface area contributed by atoms with Crippen LogP contribution in [0.5, 0.6) is 5.75 Å². The highest BCUT2D eigenvalue weighted by molar-refractivity contribution is 7.46. The van der Waals surface area contributed by atoms with Gasteiger partial charge in [-0.15, -0.1) is 11.6 Å². The lowest BCUT2D eigenvalue weighted by Crippen LogP contribution is -2.75. The summed E-state index contributed by atoms with van der Waals surface area (Å²) in [4.78, 5) is 30.0. The fraction of sp³-hybridized carbons (Fsp3) is 0.727. The van der Waals surface area contributed by atoms with Gasteiger partial charge < -0.3 is 9.26 Å². The summed E-state index contributed by atoms with van der Waals surface area (Å²) < 4.78 is 62.1. The number of halogens is 4. The van der Waals surface area contributed by atoms with E-state index in [9.17, 15) is 27.5 Å². The van der Waals surface area contributed by atoms with Gasteiger partial charge in [0, 0.05) is 10.9 Å². The number of hydrogen-bond donors (Lipinski definition) is 2. The molecule has 2 bridgehead atoms. The van der Waals surface area contributed by atoms with E-state index >= 15 is 0 Å². The SMILES string of the molecule is CCc1ccc(C2(OCC(F)(F)F)OOC23C(CC)CC2CC(Cl)CC3C2)cc1OP(=O)(O)O. The van der Waals surface area contributed by atoms with Crippen molar-refractivity contribution in [2.45, 2.75) is 75.3 Å². The third-order valence-corrected chi connectivity index (χ3v) is 8.16. The van der Waals surface area contributed by atoms with E-state index in [4.69, 9.17) is 30.6 Å². The molecule has 1 heterocycles. The average molecular weight is 529 g/mol. The molecule has 2 aliphatic carbocycles. The molecule has 1 aromatic carbocycles. The maximum atomic E-state index is 13.4. The summed E-state index contributed by atoms with van der Waals surface area (Å²) in [5.74, 6) is -2.13. The van der Waals surface area contributed by atoms with Crippen LogP contribution in [0.15, 0.2) is 18.2 Å². The third-order valence-electron chi connectivity index (χ3n) is 7.37. The molecule has 2 N–H and O–H groups in total. The minimum absolute atomic E-state index is 0.140. The molecule has 0 aromatic heterocycles. The van der Waals surface area contributed by atoms with E-state index in [-0.39, 0.29) is 28.5 Å². The normalized spacial score (nSPS) is 35.8. The molecule has 0 radical (unpaired) electrons. The zero-order valence-electron chi connectivity index (χ0n) is 18.9. The first-order valence-electron chi connectivity index (χ1n) is 11.4. The number of aryl methyl sites for hydroxylation is 1. The van der Waals surface area contributed by atoms with Gasteiger partial charge in [-0.05, 0) is 61.5 Å². The summed E-state index contributed by atoms with van der Waals surface area (Å²) in [5, 5.41) is -0.140. The Labute approximate surface area is 201 Å². The molecule has 3 aliphatic rings. The Hall–Kier alpha value is -0.870. The standard InChI is InChI=1S/C22H29ClF3O7P/c1-3-14-5-6-16(11-19(14)31-34(27,28)29)22(30-12-20(24,25)26)21(32-33-22)15(4-2)7-13-8-17(21)10-18(23)9-13/h5-6,11,13,15,17-18H,3-4,7-10,12H2,1-2H3,(H2,27,28,29). The van der Waals surface area contributed by atoms with E-state index < -0.39 is 32.0 Å². The van der Waals surface area contributed by atoms with Gasteiger partial charge >= 0.3 is 14.0 Å². The zero-order chi connectivity index (χ0) is 24.9. The van der Waals surface area contributed by atoms with E-state index in [1.165, 1.54) is 6.07 Å². The number of alkyl halides is 4. The van der Waals surface area contributed by atoms with Gasteiger partial charge in [0.05, 0.1) is 0 Å². The van der Waals surface area contributed by atoms with E-state index in [2.05, 4.69) is 0 Å². The lowest BCUT2D eigenvalue weighted by molar-refractivity contribution is -0.646. The summed E-state index contributed by atoms with van der Waals surface area (Å²) in [5.41, 5.74) is -0.608. The Bertz CT molecular complexity index is 955. The number of fused-ring (bicyclic) bond motifs is 3. The van der Waals surface area contributed by atoms with E-state index in [0.29, 0.717) is 37.2 Å². The lowest BCUT2D eigenvalue weighted by Gasteiger charge is -2.65. The number of ether oxygens (including phenoxy) is 1. The van der Waals surface area contributed by atoms with Crippen molar-refractivity contribution in [2.75, 3.05) is 6.61 Å². The van der Waals surface area contributed by atoms with Crippen molar-refractivity contribution in [1.82, 2.24) is 0 Å². The number of rotatable bonds is 7. The molecule has 6 atom stereocenters. The van der Waals surface area contributed by atoms with E-state index in [1.807, 2.05) is 6.92 Å². The summed E-state index contributed by atoms with van der Waals surface area (Å²) in [7, 11) is -4.93. The van der Waals surface area contributed by atoms with Crippen molar-refractivity contribution in [3.63, 3.8) is 0 Å². The molecule has 1 spiro atoms. The highest BCUT2D eigenvalue weighted by atomic mass is 35.5. The molecule has 1 saturated heterocycles. The smallest absolute Gasteiger partial charge is 0.404 e. The number of benzene rings is 1. The second-order valence-electron chi connectivity index (χ2n) is 9.45. The van der Waals surface area contributed by atoms with Crippen LogP contribution in [0.25, 0.3) is 0 Å². The molecule has 7 nitrogen and oxygen atoms in total. The molecule has 3 fully saturated rings. The monoisotopic (exact) mass is 528 g/mol. The second-order valence-corrected chi connectivity index (χ2v) is 11.2. The van der Waals surface area contributed by atoms with Crippen molar-refractivity contribution in [3.05, 3.63) is 29.3 Å². The second kappa shape index (κ2) is 9.21. The molecule has 0 amide bonds. The molecule has 34 heavy (non-hydrogen) atoms. The molecular weight excluding hydrogens is 500 g/mol. The largest absolute Gasteiger partial charge is 0.524 e. The van der Waals surface area contributed by atoms with Gasteiger partial charge in [-0.2, -0.15) is 18.1 Å². The van der Waals surface area contributed by atoms with Gasteiger partial charge in [-0.1, -0.05) is 32.4 Å². The molecule has 12 heteroatoms. The average Bonchev–Trinajstić information content (AvgIpc) is 2.70. The molecular formula is C22H29ClF3O7P.